The zero-order valence-electron chi connectivity index (χ0n) is 9.04. The summed E-state index contributed by atoms with van der Waals surface area (Å²) >= 11 is 0. The SMILES string of the molecule is N.NC(CCC[C@H](N)C(=O)O)C(=O)C(F)(F)F. The molecule has 8 N–H and O–H groups in total. The van der Waals surface area contributed by atoms with Gasteiger partial charge in [-0.1, -0.05) is 0 Å². The molecule has 0 aromatic heterocycles. The lowest BCUT2D eigenvalue weighted by atomic mass is 10.0. The molecule has 9 heteroatoms. The molecule has 0 aromatic rings. The van der Waals surface area contributed by atoms with Crippen molar-refractivity contribution in [1.29, 1.82) is 0 Å². The van der Waals surface area contributed by atoms with E-state index in [0.717, 1.165) is 0 Å². The average Bonchev–Trinajstić information content (AvgIpc) is 2.14. The number of hydrogen-bond acceptors (Lipinski definition) is 5. The van der Waals surface area contributed by atoms with E-state index in [1.165, 1.54) is 0 Å². The molecule has 17 heavy (non-hydrogen) atoms. The Morgan fingerprint density at radius 1 is 1.12 bits per heavy atom. The minimum absolute atomic E-state index is 0. The number of alkyl halides is 3. The van der Waals surface area contributed by atoms with Crippen LogP contribution in [0.3, 0.4) is 0 Å². The summed E-state index contributed by atoms with van der Waals surface area (Å²) in [6.45, 7) is 0. The number of nitrogens with two attached hydrogens (primary N) is 2. The Bertz CT molecular complexity index is 270. The van der Waals surface area contributed by atoms with Gasteiger partial charge in [-0.25, -0.2) is 0 Å². The fourth-order valence-electron chi connectivity index (χ4n) is 1.02. The molecule has 2 atom stereocenters. The third kappa shape index (κ3) is 6.87. The van der Waals surface area contributed by atoms with Crippen LogP contribution in [-0.4, -0.2) is 35.1 Å². The van der Waals surface area contributed by atoms with Gasteiger partial charge in [0.05, 0.1) is 6.04 Å². The maximum absolute atomic E-state index is 11.9. The van der Waals surface area contributed by atoms with Crippen LogP contribution < -0.4 is 17.6 Å². The molecule has 0 saturated carbocycles. The van der Waals surface area contributed by atoms with E-state index in [0.29, 0.717) is 0 Å². The van der Waals surface area contributed by atoms with Crippen molar-refractivity contribution >= 4 is 11.8 Å². The molecule has 0 fully saturated rings. The second-order valence-electron chi connectivity index (χ2n) is 3.34. The Kier molecular flexibility index (Phi) is 7.70. The normalized spacial score (nSPS) is 14.6. The first kappa shape index (κ1) is 18.2. The first-order valence-corrected chi connectivity index (χ1v) is 4.51. The quantitative estimate of drug-likeness (QED) is 0.536. The van der Waals surface area contributed by atoms with Crippen LogP contribution in [0.5, 0.6) is 0 Å². The summed E-state index contributed by atoms with van der Waals surface area (Å²) in [5.41, 5.74) is 10.1. The summed E-state index contributed by atoms with van der Waals surface area (Å²) in [7, 11) is 0. The molecule has 0 radical (unpaired) electrons. The second kappa shape index (κ2) is 7.20. The van der Waals surface area contributed by atoms with E-state index in [2.05, 4.69) is 0 Å². The van der Waals surface area contributed by atoms with Crippen molar-refractivity contribution in [2.75, 3.05) is 0 Å². The molecule has 0 aliphatic carbocycles. The first-order chi connectivity index (χ1) is 7.16. The number of carbonyl (C=O) groups is 2. The van der Waals surface area contributed by atoms with Gasteiger partial charge in [-0.15, -0.1) is 0 Å². The van der Waals surface area contributed by atoms with Crippen molar-refractivity contribution in [3.8, 4) is 0 Å². The number of carbonyl (C=O) groups excluding carboxylic acids is 1. The van der Waals surface area contributed by atoms with Gasteiger partial charge in [-0.3, -0.25) is 9.59 Å². The lowest BCUT2D eigenvalue weighted by molar-refractivity contribution is -0.172. The Hall–Kier alpha value is -1.19. The molecule has 0 aromatic carbocycles. The Morgan fingerprint density at radius 3 is 1.88 bits per heavy atom. The lowest BCUT2D eigenvalue weighted by Crippen LogP contribution is -2.40. The monoisotopic (exact) mass is 259 g/mol. The minimum atomic E-state index is -4.95. The van der Waals surface area contributed by atoms with Gasteiger partial charge in [0.15, 0.2) is 0 Å². The molecule has 0 aliphatic rings. The van der Waals surface area contributed by atoms with Crippen molar-refractivity contribution in [1.82, 2.24) is 6.15 Å². The Balaban J connectivity index is 0. The molecule has 0 saturated heterocycles. The Labute approximate surface area is 95.7 Å². The highest BCUT2D eigenvalue weighted by molar-refractivity contribution is 5.88. The van der Waals surface area contributed by atoms with Gasteiger partial charge in [-0.05, 0) is 19.3 Å². The van der Waals surface area contributed by atoms with E-state index in [4.69, 9.17) is 16.6 Å². The van der Waals surface area contributed by atoms with Gasteiger partial charge in [0.2, 0.25) is 0 Å². The second-order valence-corrected chi connectivity index (χ2v) is 3.34. The fraction of sp³-hybridized carbons (Fsp3) is 0.750. The predicted octanol–water partition coefficient (Wildman–Crippen LogP) is 0.189. The van der Waals surface area contributed by atoms with E-state index >= 15 is 0 Å². The maximum atomic E-state index is 11.9. The standard InChI is InChI=1S/C8H13F3N2O3.H3N/c9-8(10,11)6(14)4(12)2-1-3-5(13)7(15)16;/h4-5H,1-3,12-13H2,(H,15,16);1H3/t4?,5-;/m0./s1. The van der Waals surface area contributed by atoms with Crippen molar-refractivity contribution in [3.05, 3.63) is 0 Å². The van der Waals surface area contributed by atoms with Crippen LogP contribution in [0.1, 0.15) is 19.3 Å². The van der Waals surface area contributed by atoms with Crippen molar-refractivity contribution in [2.45, 2.75) is 37.5 Å². The van der Waals surface area contributed by atoms with Crippen LogP contribution in [0.15, 0.2) is 0 Å². The fourth-order valence-corrected chi connectivity index (χ4v) is 1.02. The van der Waals surface area contributed by atoms with Gasteiger partial charge >= 0.3 is 12.1 Å². The minimum Gasteiger partial charge on any atom is -0.480 e. The van der Waals surface area contributed by atoms with Gasteiger partial charge in [0.25, 0.3) is 5.78 Å². The first-order valence-electron chi connectivity index (χ1n) is 4.51. The van der Waals surface area contributed by atoms with Gasteiger partial charge in [-0.2, -0.15) is 13.2 Å². The Morgan fingerprint density at radius 2 is 1.53 bits per heavy atom. The molecule has 0 rings (SSSR count). The number of aliphatic carboxylic acids is 1. The highest BCUT2D eigenvalue weighted by Gasteiger charge is 2.41. The third-order valence-electron chi connectivity index (χ3n) is 1.96. The molecule has 0 bridgehead atoms. The number of halogens is 3. The average molecular weight is 259 g/mol. The van der Waals surface area contributed by atoms with E-state index in [1.54, 1.807) is 0 Å². The van der Waals surface area contributed by atoms with Gasteiger partial charge in [0, 0.05) is 0 Å². The molecule has 0 spiro atoms. The highest BCUT2D eigenvalue weighted by atomic mass is 19.4. The van der Waals surface area contributed by atoms with E-state index in [9.17, 15) is 22.8 Å². The van der Waals surface area contributed by atoms with E-state index in [1.807, 2.05) is 0 Å². The summed E-state index contributed by atoms with van der Waals surface area (Å²) in [5.74, 6) is -3.24. The van der Waals surface area contributed by atoms with Gasteiger partial charge in [0.1, 0.15) is 6.04 Å². The molecule has 6 nitrogen and oxygen atoms in total. The van der Waals surface area contributed by atoms with Crippen LogP contribution in [-0.2, 0) is 9.59 Å². The van der Waals surface area contributed by atoms with E-state index < -0.39 is 30.0 Å². The molecule has 102 valence electrons. The molecule has 0 amide bonds. The third-order valence-corrected chi connectivity index (χ3v) is 1.96. The maximum Gasteiger partial charge on any atom is 0.451 e. The number of hydrogen-bond donors (Lipinski definition) is 4. The summed E-state index contributed by atoms with van der Waals surface area (Å²) in [5, 5.41) is 8.38. The van der Waals surface area contributed by atoms with Crippen molar-refractivity contribution < 1.29 is 27.9 Å². The molecule has 0 heterocycles. The van der Waals surface area contributed by atoms with Gasteiger partial charge < -0.3 is 22.7 Å². The van der Waals surface area contributed by atoms with Crippen LogP contribution in [0.25, 0.3) is 0 Å². The summed E-state index contributed by atoms with van der Waals surface area (Å²) in [4.78, 5) is 20.8. The number of rotatable bonds is 6. The number of ketones is 1. The largest absolute Gasteiger partial charge is 0.480 e. The molecule has 1 unspecified atom stereocenters. The van der Waals surface area contributed by atoms with Crippen LogP contribution in [0, 0.1) is 0 Å². The van der Waals surface area contributed by atoms with E-state index in [-0.39, 0.29) is 25.4 Å². The van der Waals surface area contributed by atoms with Crippen LogP contribution in [0.4, 0.5) is 13.2 Å². The number of carboxylic acid groups (broad SMARTS) is 1. The summed E-state index contributed by atoms with van der Waals surface area (Å²) in [6.07, 6.45) is -5.15. The smallest absolute Gasteiger partial charge is 0.451 e. The number of carboxylic acids is 1. The van der Waals surface area contributed by atoms with Crippen LogP contribution >= 0.6 is 0 Å². The summed E-state index contributed by atoms with van der Waals surface area (Å²) in [6, 6.07) is -2.80. The zero-order valence-corrected chi connectivity index (χ0v) is 9.04. The van der Waals surface area contributed by atoms with Crippen molar-refractivity contribution in [3.63, 3.8) is 0 Å². The zero-order chi connectivity index (χ0) is 12.9. The topological polar surface area (TPSA) is 141 Å². The number of Topliss-reactive ketones (excluding diaryl/α,β-unsaturated/α-hetero) is 1. The molecular weight excluding hydrogens is 243 g/mol. The summed E-state index contributed by atoms with van der Waals surface area (Å²) < 4.78 is 35.6. The molecule has 0 aliphatic heterocycles. The van der Waals surface area contributed by atoms with Crippen LogP contribution in [0.2, 0.25) is 0 Å². The predicted molar refractivity (Wildman–Crippen MR) is 53.5 cm³/mol. The molecular formula is C8H16F3N3O3. The highest BCUT2D eigenvalue weighted by Crippen LogP contribution is 2.19. The van der Waals surface area contributed by atoms with Crippen molar-refractivity contribution in [2.24, 2.45) is 11.5 Å². The lowest BCUT2D eigenvalue weighted by Gasteiger charge is -2.13.